The van der Waals surface area contributed by atoms with E-state index in [0.29, 0.717) is 24.2 Å². The first-order valence-corrected chi connectivity index (χ1v) is 10.1. The molecule has 5 nitrogen and oxygen atoms in total. The Morgan fingerprint density at radius 1 is 0.391 bits per heavy atom. The van der Waals surface area contributed by atoms with Gasteiger partial charge in [-0.3, -0.25) is 0 Å². The second-order valence-corrected chi connectivity index (χ2v) is 7.56. The van der Waals surface area contributed by atoms with E-state index in [0.717, 1.165) is 39.3 Å². The van der Waals surface area contributed by atoms with Crippen LogP contribution < -0.4 is 26.6 Å². The number of rotatable bonds is 0. The Morgan fingerprint density at radius 3 is 1.04 bits per heavy atom. The zero-order valence-electron chi connectivity index (χ0n) is 14.7. The first kappa shape index (κ1) is 17.6. The highest BCUT2D eigenvalue weighted by Crippen LogP contribution is 2.19. The lowest BCUT2D eigenvalue weighted by Crippen LogP contribution is -2.54. The zero-order valence-corrected chi connectivity index (χ0v) is 14.7. The Bertz CT molecular complexity index is 295. The number of nitrogens with one attached hydrogen (secondary N) is 5. The predicted octanol–water partition coefficient (Wildman–Crippen LogP) is 0.570. The van der Waals surface area contributed by atoms with Crippen molar-refractivity contribution in [2.75, 3.05) is 39.3 Å². The quantitative estimate of drug-likeness (QED) is 0.451. The van der Waals surface area contributed by atoms with Gasteiger partial charge in [0.2, 0.25) is 0 Å². The molecule has 1 aliphatic heterocycles. The molecule has 3 aliphatic rings. The highest BCUT2D eigenvalue weighted by Gasteiger charge is 2.26. The molecule has 0 radical (unpaired) electrons. The average Bonchev–Trinajstić information content (AvgIpc) is 2.60. The predicted molar refractivity (Wildman–Crippen MR) is 97.0 cm³/mol. The van der Waals surface area contributed by atoms with Gasteiger partial charge >= 0.3 is 0 Å². The first-order chi connectivity index (χ1) is 11.4. The van der Waals surface area contributed by atoms with Crippen LogP contribution in [0, 0.1) is 0 Å². The molecule has 0 aromatic rings. The fourth-order valence-corrected chi connectivity index (χ4v) is 4.57. The molecule has 0 bridgehead atoms. The lowest BCUT2D eigenvalue weighted by atomic mass is 9.90. The van der Waals surface area contributed by atoms with Crippen molar-refractivity contribution >= 4 is 0 Å². The van der Waals surface area contributed by atoms with Crippen molar-refractivity contribution in [2.24, 2.45) is 0 Å². The van der Waals surface area contributed by atoms with E-state index >= 15 is 0 Å². The average molecular weight is 324 g/mol. The van der Waals surface area contributed by atoms with Crippen molar-refractivity contribution in [3.8, 4) is 0 Å². The van der Waals surface area contributed by atoms with Crippen molar-refractivity contribution in [1.82, 2.24) is 26.6 Å². The smallest absolute Gasteiger partial charge is 0.0221 e. The number of hydrogen-bond acceptors (Lipinski definition) is 5. The molecular weight excluding hydrogens is 286 g/mol. The van der Waals surface area contributed by atoms with Crippen LogP contribution in [0.15, 0.2) is 0 Å². The van der Waals surface area contributed by atoms with Crippen LogP contribution in [0.1, 0.15) is 51.4 Å². The van der Waals surface area contributed by atoms with Crippen molar-refractivity contribution in [3.05, 3.63) is 0 Å². The van der Waals surface area contributed by atoms with Gasteiger partial charge in [-0.25, -0.2) is 0 Å². The van der Waals surface area contributed by atoms with E-state index in [2.05, 4.69) is 26.6 Å². The van der Waals surface area contributed by atoms with E-state index in [1.807, 2.05) is 0 Å². The van der Waals surface area contributed by atoms with E-state index < -0.39 is 0 Å². The maximum absolute atomic E-state index is 3.82. The molecule has 1 heterocycles. The Labute approximate surface area is 142 Å². The second kappa shape index (κ2) is 9.94. The number of fused-ring (bicyclic) bond motifs is 2. The van der Waals surface area contributed by atoms with Crippen LogP contribution >= 0.6 is 0 Å². The van der Waals surface area contributed by atoms with Gasteiger partial charge in [0.25, 0.3) is 0 Å². The lowest BCUT2D eigenvalue weighted by molar-refractivity contribution is 0.270. The molecule has 2 saturated carbocycles. The Hall–Kier alpha value is -0.200. The SMILES string of the molecule is C1CC[C@H]2NCCNCCNC3CCCC[C@H]3NCCNC2C1. The van der Waals surface area contributed by atoms with Gasteiger partial charge in [-0.2, -0.15) is 0 Å². The van der Waals surface area contributed by atoms with Crippen LogP contribution in [0.4, 0.5) is 0 Å². The molecule has 2 unspecified atom stereocenters. The van der Waals surface area contributed by atoms with E-state index in [9.17, 15) is 0 Å². The van der Waals surface area contributed by atoms with Crippen molar-refractivity contribution in [2.45, 2.75) is 75.5 Å². The summed E-state index contributed by atoms with van der Waals surface area (Å²) in [5, 5.41) is 18.8. The van der Waals surface area contributed by atoms with Gasteiger partial charge in [0.05, 0.1) is 0 Å². The van der Waals surface area contributed by atoms with Gasteiger partial charge in [-0.05, 0) is 25.7 Å². The highest BCUT2D eigenvalue weighted by molar-refractivity contribution is 4.89. The molecule has 4 atom stereocenters. The maximum atomic E-state index is 3.82. The summed E-state index contributed by atoms with van der Waals surface area (Å²) in [5.41, 5.74) is 0. The van der Waals surface area contributed by atoms with Gasteiger partial charge in [0.1, 0.15) is 0 Å². The minimum atomic E-state index is 0.663. The second-order valence-electron chi connectivity index (χ2n) is 7.56. The minimum Gasteiger partial charge on any atom is -0.314 e. The molecular formula is C18H37N5. The summed E-state index contributed by atoms with van der Waals surface area (Å²) in [6.45, 7) is 6.55. The van der Waals surface area contributed by atoms with Gasteiger partial charge in [-0.15, -0.1) is 0 Å². The summed E-state index contributed by atoms with van der Waals surface area (Å²) >= 11 is 0. The summed E-state index contributed by atoms with van der Waals surface area (Å²) in [7, 11) is 0. The third-order valence-corrected chi connectivity index (χ3v) is 5.89. The van der Waals surface area contributed by atoms with Crippen molar-refractivity contribution in [3.63, 3.8) is 0 Å². The molecule has 0 aromatic heterocycles. The Kier molecular flexibility index (Phi) is 7.62. The summed E-state index contributed by atoms with van der Waals surface area (Å²) in [6, 6.07) is 2.65. The fourth-order valence-electron chi connectivity index (χ4n) is 4.57. The van der Waals surface area contributed by atoms with Gasteiger partial charge in [-0.1, -0.05) is 25.7 Å². The van der Waals surface area contributed by atoms with Gasteiger partial charge < -0.3 is 26.6 Å². The standard InChI is InChI=1S/C18H37N5/c1-3-7-17-15(5-1)20-11-9-19-10-12-21-16-6-2-4-8-18(16)23-14-13-22-17/h15-23H,1-14H2/t15-,16?,17?,18-/m1/s1. The molecule has 3 fully saturated rings. The summed E-state index contributed by atoms with van der Waals surface area (Å²) in [4.78, 5) is 0. The van der Waals surface area contributed by atoms with Crippen LogP contribution in [0.3, 0.4) is 0 Å². The molecule has 0 spiro atoms. The van der Waals surface area contributed by atoms with Crippen LogP contribution in [-0.4, -0.2) is 63.4 Å². The molecule has 0 amide bonds. The van der Waals surface area contributed by atoms with Crippen LogP contribution in [0.5, 0.6) is 0 Å². The molecule has 5 heteroatoms. The Morgan fingerprint density at radius 2 is 0.696 bits per heavy atom. The fraction of sp³-hybridized carbons (Fsp3) is 1.00. The summed E-state index contributed by atoms with van der Waals surface area (Å²) in [5.74, 6) is 0. The van der Waals surface area contributed by atoms with E-state index in [1.165, 1.54) is 51.4 Å². The normalized spacial score (nSPS) is 38.6. The molecule has 2 aliphatic carbocycles. The maximum Gasteiger partial charge on any atom is 0.0221 e. The summed E-state index contributed by atoms with van der Waals surface area (Å²) < 4.78 is 0. The van der Waals surface area contributed by atoms with Gasteiger partial charge in [0.15, 0.2) is 0 Å². The third kappa shape index (κ3) is 5.68. The molecule has 134 valence electrons. The van der Waals surface area contributed by atoms with Crippen LogP contribution in [0.25, 0.3) is 0 Å². The molecule has 23 heavy (non-hydrogen) atoms. The monoisotopic (exact) mass is 323 g/mol. The van der Waals surface area contributed by atoms with Crippen molar-refractivity contribution in [1.29, 1.82) is 0 Å². The van der Waals surface area contributed by atoms with E-state index in [4.69, 9.17) is 0 Å². The molecule has 0 aromatic carbocycles. The summed E-state index contributed by atoms with van der Waals surface area (Å²) in [6.07, 6.45) is 10.9. The third-order valence-electron chi connectivity index (χ3n) is 5.89. The first-order valence-electron chi connectivity index (χ1n) is 10.1. The molecule has 1 saturated heterocycles. The highest BCUT2D eigenvalue weighted by atomic mass is 15.1. The van der Waals surface area contributed by atoms with Crippen LogP contribution in [-0.2, 0) is 0 Å². The van der Waals surface area contributed by atoms with Crippen molar-refractivity contribution < 1.29 is 0 Å². The zero-order chi connectivity index (χ0) is 15.7. The Balaban J connectivity index is 1.51. The van der Waals surface area contributed by atoms with Crippen LogP contribution in [0.2, 0.25) is 0 Å². The number of hydrogen-bond donors (Lipinski definition) is 5. The van der Waals surface area contributed by atoms with E-state index in [-0.39, 0.29) is 0 Å². The van der Waals surface area contributed by atoms with E-state index in [1.54, 1.807) is 0 Å². The van der Waals surface area contributed by atoms with Gasteiger partial charge in [0, 0.05) is 63.4 Å². The molecule has 5 N–H and O–H groups in total. The largest absolute Gasteiger partial charge is 0.314 e. The molecule has 3 rings (SSSR count). The lowest BCUT2D eigenvalue weighted by Gasteiger charge is -2.34. The topological polar surface area (TPSA) is 60.1 Å². The minimum absolute atomic E-state index is 0.663.